The van der Waals surface area contributed by atoms with Crippen molar-refractivity contribution < 1.29 is 23.5 Å². The average Bonchev–Trinajstić information content (AvgIpc) is 2.38. The summed E-state index contributed by atoms with van der Waals surface area (Å²) in [7, 11) is 0. The van der Waals surface area contributed by atoms with Gasteiger partial charge in [-0.25, -0.2) is 8.78 Å². The summed E-state index contributed by atoms with van der Waals surface area (Å²) >= 11 is 1.16. The third-order valence-electron chi connectivity index (χ3n) is 2.33. The molecular formula is C12H14F2N2O3S. The first-order valence-electron chi connectivity index (χ1n) is 5.71. The largest absolute Gasteiger partial charge is 0.480 e. The Morgan fingerprint density at radius 3 is 2.75 bits per heavy atom. The topological polar surface area (TPSA) is 92.4 Å². The lowest BCUT2D eigenvalue weighted by Gasteiger charge is -2.07. The van der Waals surface area contributed by atoms with Gasteiger partial charge in [0.2, 0.25) is 5.91 Å². The van der Waals surface area contributed by atoms with Crippen LogP contribution in [0.25, 0.3) is 0 Å². The SMILES string of the molecule is NC(CCSCC(=O)Nc1cc(F)ccc1F)C(=O)O. The van der Waals surface area contributed by atoms with E-state index in [2.05, 4.69) is 5.32 Å². The quantitative estimate of drug-likeness (QED) is 0.663. The average molecular weight is 304 g/mol. The van der Waals surface area contributed by atoms with Crippen molar-refractivity contribution in [2.75, 3.05) is 16.8 Å². The fourth-order valence-corrected chi connectivity index (χ4v) is 2.10. The zero-order valence-corrected chi connectivity index (χ0v) is 11.3. The number of carbonyl (C=O) groups excluding carboxylic acids is 1. The van der Waals surface area contributed by atoms with Gasteiger partial charge in [-0.1, -0.05) is 0 Å². The van der Waals surface area contributed by atoms with E-state index in [1.54, 1.807) is 0 Å². The first-order valence-corrected chi connectivity index (χ1v) is 6.86. The Morgan fingerprint density at radius 2 is 2.10 bits per heavy atom. The maximum absolute atomic E-state index is 13.2. The summed E-state index contributed by atoms with van der Waals surface area (Å²) in [6.07, 6.45) is 0.224. The number of hydrogen-bond donors (Lipinski definition) is 3. The number of rotatable bonds is 7. The van der Waals surface area contributed by atoms with Gasteiger partial charge in [-0.15, -0.1) is 0 Å². The van der Waals surface area contributed by atoms with Crippen LogP contribution in [0.4, 0.5) is 14.5 Å². The minimum Gasteiger partial charge on any atom is -0.480 e. The second-order valence-corrected chi connectivity index (χ2v) is 5.06. The highest BCUT2D eigenvalue weighted by Crippen LogP contribution is 2.15. The third kappa shape index (κ3) is 5.54. The summed E-state index contributed by atoms with van der Waals surface area (Å²) < 4.78 is 26.1. The number of anilines is 1. The summed E-state index contributed by atoms with van der Waals surface area (Å²) in [4.78, 5) is 21.9. The van der Waals surface area contributed by atoms with Gasteiger partial charge < -0.3 is 16.2 Å². The van der Waals surface area contributed by atoms with E-state index in [0.717, 1.165) is 30.0 Å². The molecule has 0 heterocycles. The Kier molecular flexibility index (Phi) is 6.40. The monoisotopic (exact) mass is 304 g/mol. The predicted molar refractivity (Wildman–Crippen MR) is 72.5 cm³/mol. The molecule has 0 aliphatic carbocycles. The normalized spacial score (nSPS) is 11.9. The number of benzene rings is 1. The van der Waals surface area contributed by atoms with Crippen LogP contribution in [0.3, 0.4) is 0 Å². The molecule has 1 unspecified atom stereocenters. The molecule has 4 N–H and O–H groups in total. The smallest absolute Gasteiger partial charge is 0.320 e. The van der Waals surface area contributed by atoms with E-state index in [4.69, 9.17) is 10.8 Å². The van der Waals surface area contributed by atoms with Crippen molar-refractivity contribution in [3.8, 4) is 0 Å². The van der Waals surface area contributed by atoms with E-state index in [1.165, 1.54) is 0 Å². The fourth-order valence-electron chi connectivity index (χ4n) is 1.28. The molecule has 0 radical (unpaired) electrons. The number of hydrogen-bond acceptors (Lipinski definition) is 4. The number of amides is 1. The lowest BCUT2D eigenvalue weighted by molar-refractivity contribution is -0.138. The van der Waals surface area contributed by atoms with E-state index >= 15 is 0 Å². The van der Waals surface area contributed by atoms with Crippen LogP contribution in [0.15, 0.2) is 18.2 Å². The van der Waals surface area contributed by atoms with Crippen LogP contribution in [0, 0.1) is 11.6 Å². The van der Waals surface area contributed by atoms with Crippen LogP contribution in [-0.4, -0.2) is 34.5 Å². The Balaban J connectivity index is 2.34. The predicted octanol–water partition coefficient (Wildman–Crippen LogP) is 1.44. The second-order valence-electron chi connectivity index (χ2n) is 3.96. The number of halogens is 2. The highest BCUT2D eigenvalue weighted by molar-refractivity contribution is 7.99. The first kappa shape index (κ1) is 16.4. The van der Waals surface area contributed by atoms with Crippen molar-refractivity contribution in [1.82, 2.24) is 0 Å². The van der Waals surface area contributed by atoms with Crippen LogP contribution in [0.2, 0.25) is 0 Å². The summed E-state index contributed by atoms with van der Waals surface area (Å²) in [5, 5.41) is 10.8. The summed E-state index contributed by atoms with van der Waals surface area (Å²) in [6.45, 7) is 0. The van der Waals surface area contributed by atoms with Crippen molar-refractivity contribution in [3.63, 3.8) is 0 Å². The Hall–Kier alpha value is -1.67. The van der Waals surface area contributed by atoms with E-state index in [9.17, 15) is 18.4 Å². The molecule has 20 heavy (non-hydrogen) atoms. The maximum Gasteiger partial charge on any atom is 0.320 e. The molecule has 0 saturated carbocycles. The molecule has 0 bridgehead atoms. The highest BCUT2D eigenvalue weighted by Gasteiger charge is 2.12. The number of carboxylic acids is 1. The van der Waals surface area contributed by atoms with Crippen LogP contribution in [0.1, 0.15) is 6.42 Å². The summed E-state index contributed by atoms with van der Waals surface area (Å²) in [6, 6.07) is 1.79. The van der Waals surface area contributed by atoms with Crippen LogP contribution in [0.5, 0.6) is 0 Å². The number of nitrogens with two attached hydrogens (primary N) is 1. The summed E-state index contributed by atoms with van der Waals surface area (Å²) in [5.74, 6) is -2.59. The molecule has 1 aromatic rings. The van der Waals surface area contributed by atoms with Crippen LogP contribution in [-0.2, 0) is 9.59 Å². The maximum atomic E-state index is 13.2. The molecular weight excluding hydrogens is 290 g/mol. The Morgan fingerprint density at radius 1 is 1.40 bits per heavy atom. The lowest BCUT2D eigenvalue weighted by atomic mass is 10.2. The zero-order chi connectivity index (χ0) is 15.1. The molecule has 0 aliphatic rings. The molecule has 5 nitrogen and oxygen atoms in total. The molecule has 0 spiro atoms. The zero-order valence-electron chi connectivity index (χ0n) is 10.4. The molecule has 0 aromatic heterocycles. The van der Waals surface area contributed by atoms with Crippen LogP contribution >= 0.6 is 11.8 Å². The molecule has 1 amide bonds. The minimum absolute atomic E-state index is 0.00227. The van der Waals surface area contributed by atoms with Gasteiger partial charge in [0.25, 0.3) is 0 Å². The molecule has 1 aromatic carbocycles. The standard InChI is InChI=1S/C12H14F2N2O3S/c13-7-1-2-8(14)10(5-7)16-11(17)6-20-4-3-9(15)12(18)19/h1-2,5,9H,3-4,6,15H2,(H,16,17)(H,18,19). The highest BCUT2D eigenvalue weighted by atomic mass is 32.2. The van der Waals surface area contributed by atoms with E-state index in [0.29, 0.717) is 5.75 Å². The Labute approximate surface area is 118 Å². The number of thioether (sulfide) groups is 1. The van der Waals surface area contributed by atoms with E-state index < -0.39 is 29.6 Å². The summed E-state index contributed by atoms with van der Waals surface area (Å²) in [5.41, 5.74) is 5.06. The number of nitrogens with one attached hydrogen (secondary N) is 1. The van der Waals surface area contributed by atoms with Crippen LogP contribution < -0.4 is 11.1 Å². The second kappa shape index (κ2) is 7.81. The molecule has 1 rings (SSSR count). The van der Waals surface area contributed by atoms with Gasteiger partial charge in [0.15, 0.2) is 0 Å². The van der Waals surface area contributed by atoms with Gasteiger partial charge in [0, 0.05) is 6.07 Å². The molecule has 8 heteroatoms. The molecule has 0 saturated heterocycles. The molecule has 0 fully saturated rings. The van der Waals surface area contributed by atoms with E-state index in [-0.39, 0.29) is 17.9 Å². The number of carbonyl (C=O) groups is 2. The number of carboxylic acid groups (broad SMARTS) is 1. The third-order valence-corrected chi connectivity index (χ3v) is 3.32. The molecule has 0 aliphatic heterocycles. The molecule has 110 valence electrons. The van der Waals surface area contributed by atoms with Crippen molar-refractivity contribution >= 4 is 29.3 Å². The first-order chi connectivity index (χ1) is 9.40. The van der Waals surface area contributed by atoms with Gasteiger partial charge >= 0.3 is 5.97 Å². The van der Waals surface area contributed by atoms with Crippen molar-refractivity contribution in [2.45, 2.75) is 12.5 Å². The minimum atomic E-state index is -1.10. The van der Waals surface area contributed by atoms with Crippen molar-refractivity contribution in [1.29, 1.82) is 0 Å². The van der Waals surface area contributed by atoms with Gasteiger partial charge in [0.05, 0.1) is 11.4 Å². The fraction of sp³-hybridized carbons (Fsp3) is 0.333. The van der Waals surface area contributed by atoms with Crippen molar-refractivity contribution in [3.05, 3.63) is 29.8 Å². The van der Waals surface area contributed by atoms with E-state index in [1.807, 2.05) is 0 Å². The molecule has 1 atom stereocenters. The van der Waals surface area contributed by atoms with Gasteiger partial charge in [0.1, 0.15) is 17.7 Å². The Bertz CT molecular complexity index is 500. The van der Waals surface area contributed by atoms with Crippen molar-refractivity contribution in [2.24, 2.45) is 5.73 Å². The lowest BCUT2D eigenvalue weighted by Crippen LogP contribution is -2.30. The number of aliphatic carboxylic acids is 1. The van der Waals surface area contributed by atoms with Gasteiger partial charge in [-0.3, -0.25) is 9.59 Å². The van der Waals surface area contributed by atoms with Gasteiger partial charge in [-0.2, -0.15) is 11.8 Å². The van der Waals surface area contributed by atoms with Gasteiger partial charge in [-0.05, 0) is 24.3 Å².